The molecule has 1 heterocycles. The van der Waals surface area contributed by atoms with Crippen molar-refractivity contribution in [1.29, 1.82) is 0 Å². The van der Waals surface area contributed by atoms with Crippen molar-refractivity contribution < 1.29 is 9.66 Å². The Bertz CT molecular complexity index is 370. The third kappa shape index (κ3) is 3.42. The number of nitro groups is 1. The lowest BCUT2D eigenvalue weighted by Crippen LogP contribution is -2.19. The highest BCUT2D eigenvalue weighted by Gasteiger charge is 2.12. The van der Waals surface area contributed by atoms with Crippen LogP contribution in [0.4, 0.5) is 11.4 Å². The summed E-state index contributed by atoms with van der Waals surface area (Å²) in [6.07, 6.45) is 3.12. The molecule has 1 aliphatic rings. The molecular weight excluding hydrogens is 220 g/mol. The zero-order valence-electron chi connectivity index (χ0n) is 9.59. The van der Waals surface area contributed by atoms with E-state index in [-0.39, 0.29) is 10.6 Å². The maximum Gasteiger partial charge on any atom is 0.269 e. The number of hydrogen-bond acceptors (Lipinski definition) is 4. The van der Waals surface area contributed by atoms with Crippen LogP contribution in [-0.2, 0) is 4.74 Å². The van der Waals surface area contributed by atoms with Crippen LogP contribution in [0.5, 0.6) is 0 Å². The lowest BCUT2D eigenvalue weighted by Gasteiger charge is -2.16. The lowest BCUT2D eigenvalue weighted by molar-refractivity contribution is -0.384. The van der Waals surface area contributed by atoms with Crippen molar-refractivity contribution in [3.05, 3.63) is 34.4 Å². The predicted molar refractivity (Wildman–Crippen MR) is 65.2 cm³/mol. The molecule has 2 rings (SSSR count). The van der Waals surface area contributed by atoms with E-state index in [2.05, 4.69) is 5.32 Å². The van der Waals surface area contributed by atoms with Crippen LogP contribution in [0.3, 0.4) is 0 Å². The van der Waals surface area contributed by atoms with Gasteiger partial charge in [-0.05, 0) is 31.4 Å². The number of benzene rings is 1. The molecular formula is C12H16N2O3. The van der Waals surface area contributed by atoms with Crippen molar-refractivity contribution in [2.75, 3.05) is 18.5 Å². The molecule has 5 nitrogen and oxygen atoms in total. The molecule has 5 heteroatoms. The van der Waals surface area contributed by atoms with Crippen LogP contribution in [0.1, 0.15) is 19.3 Å². The predicted octanol–water partition coefficient (Wildman–Crippen LogP) is 2.58. The average Bonchev–Trinajstić information content (AvgIpc) is 2.58. The first-order chi connectivity index (χ1) is 8.25. The van der Waals surface area contributed by atoms with Crippen LogP contribution in [0.2, 0.25) is 0 Å². The summed E-state index contributed by atoms with van der Waals surface area (Å²) in [5.41, 5.74) is 1.06. The van der Waals surface area contributed by atoms with E-state index in [1.54, 1.807) is 12.1 Å². The summed E-state index contributed by atoms with van der Waals surface area (Å²) >= 11 is 0. The van der Waals surface area contributed by atoms with Gasteiger partial charge >= 0.3 is 0 Å². The summed E-state index contributed by atoms with van der Waals surface area (Å²) in [6.45, 7) is 1.61. The minimum Gasteiger partial charge on any atom is -0.382 e. The van der Waals surface area contributed by atoms with Crippen LogP contribution in [0, 0.1) is 10.1 Å². The van der Waals surface area contributed by atoms with E-state index >= 15 is 0 Å². The maximum absolute atomic E-state index is 10.5. The van der Waals surface area contributed by atoms with Gasteiger partial charge in [0.1, 0.15) is 0 Å². The summed E-state index contributed by atoms with van der Waals surface area (Å²) in [5, 5.41) is 13.9. The zero-order chi connectivity index (χ0) is 12.1. The van der Waals surface area contributed by atoms with E-state index in [4.69, 9.17) is 4.74 Å². The lowest BCUT2D eigenvalue weighted by atomic mass is 10.1. The van der Waals surface area contributed by atoms with Crippen LogP contribution >= 0.6 is 0 Å². The van der Waals surface area contributed by atoms with Crippen molar-refractivity contribution in [3.8, 4) is 0 Å². The Labute approximate surface area is 99.9 Å². The van der Waals surface area contributed by atoms with Gasteiger partial charge in [0.2, 0.25) is 0 Å². The summed E-state index contributed by atoms with van der Waals surface area (Å²) in [6, 6.07) is 6.96. The molecule has 1 saturated heterocycles. The van der Waals surface area contributed by atoms with Gasteiger partial charge in [0, 0.05) is 37.1 Å². The second kappa shape index (κ2) is 5.63. The fraction of sp³-hybridized carbons (Fsp3) is 0.500. The zero-order valence-corrected chi connectivity index (χ0v) is 9.59. The molecule has 1 aromatic rings. The van der Waals surface area contributed by atoms with E-state index in [1.165, 1.54) is 12.1 Å². The van der Waals surface area contributed by atoms with Gasteiger partial charge in [0.15, 0.2) is 0 Å². The summed E-state index contributed by atoms with van der Waals surface area (Å²) in [7, 11) is 0. The van der Waals surface area contributed by atoms with Gasteiger partial charge in [0.25, 0.3) is 5.69 Å². The van der Waals surface area contributed by atoms with E-state index in [9.17, 15) is 10.1 Å². The number of rotatable bonds is 3. The fourth-order valence-corrected chi connectivity index (χ4v) is 1.96. The SMILES string of the molecule is O=[N+]([O-])c1ccc(N[C@H]2CCCOCC2)cc1. The monoisotopic (exact) mass is 236 g/mol. The number of non-ortho nitro benzene ring substituents is 1. The quantitative estimate of drug-likeness (QED) is 0.647. The van der Waals surface area contributed by atoms with Crippen molar-refractivity contribution in [2.24, 2.45) is 0 Å². The molecule has 0 spiro atoms. The standard InChI is InChI=1S/C12H16N2O3/c15-14(16)12-5-3-11(4-6-12)13-10-2-1-8-17-9-7-10/h3-6,10,13H,1-2,7-9H2/t10-/m0/s1. The van der Waals surface area contributed by atoms with Gasteiger partial charge < -0.3 is 10.1 Å². The van der Waals surface area contributed by atoms with Gasteiger partial charge in [-0.1, -0.05) is 0 Å². The number of nitrogens with zero attached hydrogens (tertiary/aromatic N) is 1. The molecule has 92 valence electrons. The highest BCUT2D eigenvalue weighted by Crippen LogP contribution is 2.19. The molecule has 1 atom stereocenters. The Kier molecular flexibility index (Phi) is 3.93. The van der Waals surface area contributed by atoms with Crippen molar-refractivity contribution >= 4 is 11.4 Å². The minimum absolute atomic E-state index is 0.125. The summed E-state index contributed by atoms with van der Waals surface area (Å²) in [4.78, 5) is 10.1. The highest BCUT2D eigenvalue weighted by atomic mass is 16.6. The second-order valence-electron chi connectivity index (χ2n) is 4.19. The summed E-state index contributed by atoms with van der Waals surface area (Å²) < 4.78 is 5.38. The maximum atomic E-state index is 10.5. The Morgan fingerprint density at radius 1 is 1.24 bits per heavy atom. The Hall–Kier alpha value is -1.62. The minimum atomic E-state index is -0.386. The van der Waals surface area contributed by atoms with Crippen molar-refractivity contribution in [1.82, 2.24) is 0 Å². The van der Waals surface area contributed by atoms with Crippen molar-refractivity contribution in [2.45, 2.75) is 25.3 Å². The molecule has 17 heavy (non-hydrogen) atoms. The number of nitro benzene ring substituents is 1. The van der Waals surface area contributed by atoms with Gasteiger partial charge in [-0.2, -0.15) is 0 Å². The van der Waals surface area contributed by atoms with Gasteiger partial charge in [-0.3, -0.25) is 10.1 Å². The van der Waals surface area contributed by atoms with Crippen LogP contribution in [-0.4, -0.2) is 24.2 Å². The molecule has 1 aliphatic heterocycles. The van der Waals surface area contributed by atoms with E-state index < -0.39 is 0 Å². The van der Waals surface area contributed by atoms with E-state index in [0.29, 0.717) is 6.04 Å². The topological polar surface area (TPSA) is 64.4 Å². The van der Waals surface area contributed by atoms with Gasteiger partial charge in [0.05, 0.1) is 4.92 Å². The molecule has 1 aromatic carbocycles. The molecule has 1 fully saturated rings. The number of hydrogen-bond donors (Lipinski definition) is 1. The third-order valence-corrected chi connectivity index (χ3v) is 2.90. The fourth-order valence-electron chi connectivity index (χ4n) is 1.96. The van der Waals surface area contributed by atoms with Crippen LogP contribution in [0.15, 0.2) is 24.3 Å². The number of anilines is 1. The molecule has 0 bridgehead atoms. The van der Waals surface area contributed by atoms with Crippen molar-refractivity contribution in [3.63, 3.8) is 0 Å². The first kappa shape index (κ1) is 11.9. The smallest absolute Gasteiger partial charge is 0.269 e. The number of nitrogens with one attached hydrogen (secondary N) is 1. The van der Waals surface area contributed by atoms with E-state index in [1.807, 2.05) is 0 Å². The van der Waals surface area contributed by atoms with Gasteiger partial charge in [-0.15, -0.1) is 0 Å². The Morgan fingerprint density at radius 2 is 2.00 bits per heavy atom. The molecule has 1 N–H and O–H groups in total. The first-order valence-corrected chi connectivity index (χ1v) is 5.84. The third-order valence-electron chi connectivity index (χ3n) is 2.90. The Balaban J connectivity index is 1.95. The normalized spacial score (nSPS) is 20.6. The molecule has 0 amide bonds. The van der Waals surface area contributed by atoms with Gasteiger partial charge in [-0.25, -0.2) is 0 Å². The molecule has 0 saturated carbocycles. The Morgan fingerprint density at radius 3 is 2.71 bits per heavy atom. The second-order valence-corrected chi connectivity index (χ2v) is 4.19. The molecule has 0 unspecified atom stereocenters. The molecule has 0 radical (unpaired) electrons. The largest absolute Gasteiger partial charge is 0.382 e. The molecule has 0 aliphatic carbocycles. The highest BCUT2D eigenvalue weighted by molar-refractivity contribution is 5.49. The average molecular weight is 236 g/mol. The summed E-state index contributed by atoms with van der Waals surface area (Å²) in [5.74, 6) is 0. The number of ether oxygens (including phenoxy) is 1. The molecule has 0 aromatic heterocycles. The van der Waals surface area contributed by atoms with Crippen LogP contribution in [0.25, 0.3) is 0 Å². The van der Waals surface area contributed by atoms with E-state index in [0.717, 1.165) is 38.2 Å². The van der Waals surface area contributed by atoms with Crippen LogP contribution < -0.4 is 5.32 Å². The first-order valence-electron chi connectivity index (χ1n) is 5.84.